The Balaban J connectivity index is 0.00000324. The summed E-state index contributed by atoms with van der Waals surface area (Å²) >= 11 is 0. The first-order valence-electron chi connectivity index (χ1n) is 6.97. The van der Waals surface area contributed by atoms with Gasteiger partial charge in [0.05, 0.1) is 6.10 Å². The van der Waals surface area contributed by atoms with Crippen molar-refractivity contribution in [3.8, 4) is 0 Å². The summed E-state index contributed by atoms with van der Waals surface area (Å²) in [6, 6.07) is 0.411. The van der Waals surface area contributed by atoms with E-state index in [4.69, 9.17) is 0 Å². The second-order valence-electron chi connectivity index (χ2n) is 6.74. The molecule has 1 rings (SSSR count). The van der Waals surface area contributed by atoms with Gasteiger partial charge in [-0.2, -0.15) is 0 Å². The van der Waals surface area contributed by atoms with Crippen LogP contribution in [0.15, 0.2) is 0 Å². The Morgan fingerprint density at radius 1 is 1.47 bits per heavy atom. The monoisotopic (exact) mass is 292 g/mol. The van der Waals surface area contributed by atoms with Crippen LogP contribution in [-0.4, -0.2) is 36.2 Å². The third-order valence-electron chi connectivity index (χ3n) is 3.35. The summed E-state index contributed by atoms with van der Waals surface area (Å²) in [7, 11) is 0. The number of halogens is 1. The van der Waals surface area contributed by atoms with Crippen LogP contribution in [0.3, 0.4) is 0 Å². The Morgan fingerprint density at radius 2 is 2.11 bits per heavy atom. The normalized spacial score (nSPS) is 25.3. The molecule has 0 saturated carbocycles. The summed E-state index contributed by atoms with van der Waals surface area (Å²) in [5.74, 6) is 0.194. The molecule has 0 spiro atoms. The quantitative estimate of drug-likeness (QED) is 0.739. The van der Waals surface area contributed by atoms with E-state index in [1.807, 2.05) is 0 Å². The lowest BCUT2D eigenvalue weighted by atomic mass is 9.89. The van der Waals surface area contributed by atoms with Crippen molar-refractivity contribution in [1.82, 2.24) is 10.6 Å². The van der Waals surface area contributed by atoms with Crippen molar-refractivity contribution in [3.05, 3.63) is 0 Å². The van der Waals surface area contributed by atoms with Crippen molar-refractivity contribution < 1.29 is 9.90 Å². The minimum Gasteiger partial charge on any atom is -0.391 e. The minimum atomic E-state index is -0.451. The molecule has 3 N–H and O–H groups in total. The van der Waals surface area contributed by atoms with Crippen molar-refractivity contribution in [3.63, 3.8) is 0 Å². The van der Waals surface area contributed by atoms with Gasteiger partial charge in [0.15, 0.2) is 0 Å². The predicted molar refractivity (Wildman–Crippen MR) is 80.5 cm³/mol. The van der Waals surface area contributed by atoms with Crippen LogP contribution >= 0.6 is 12.4 Å². The van der Waals surface area contributed by atoms with Gasteiger partial charge in [0, 0.05) is 18.5 Å². The Morgan fingerprint density at radius 3 is 2.63 bits per heavy atom. The summed E-state index contributed by atoms with van der Waals surface area (Å²) in [6.07, 6.45) is 2.04. The number of piperidine rings is 1. The summed E-state index contributed by atoms with van der Waals surface area (Å²) in [6.45, 7) is 9.65. The van der Waals surface area contributed by atoms with E-state index in [0.717, 1.165) is 19.4 Å². The van der Waals surface area contributed by atoms with Gasteiger partial charge < -0.3 is 15.7 Å². The van der Waals surface area contributed by atoms with Crippen LogP contribution in [0, 0.1) is 11.3 Å². The Labute approximate surface area is 123 Å². The first-order chi connectivity index (χ1) is 8.28. The van der Waals surface area contributed by atoms with E-state index in [1.165, 1.54) is 0 Å². The number of nitrogens with one attached hydrogen (secondary N) is 2. The van der Waals surface area contributed by atoms with E-state index in [0.29, 0.717) is 19.0 Å². The highest BCUT2D eigenvalue weighted by Gasteiger charge is 2.25. The van der Waals surface area contributed by atoms with Gasteiger partial charge in [-0.05, 0) is 38.1 Å². The number of amides is 1. The third-order valence-corrected chi connectivity index (χ3v) is 3.35. The minimum absolute atomic E-state index is 0. The highest BCUT2D eigenvalue weighted by molar-refractivity contribution is 5.85. The lowest BCUT2D eigenvalue weighted by Crippen LogP contribution is -2.44. The highest BCUT2D eigenvalue weighted by Crippen LogP contribution is 2.20. The molecule has 1 fully saturated rings. The molecule has 4 nitrogen and oxygen atoms in total. The van der Waals surface area contributed by atoms with E-state index in [-0.39, 0.29) is 29.6 Å². The fraction of sp³-hybridized carbons (Fsp3) is 0.929. The van der Waals surface area contributed by atoms with E-state index < -0.39 is 6.10 Å². The van der Waals surface area contributed by atoms with E-state index in [9.17, 15) is 9.90 Å². The van der Waals surface area contributed by atoms with Crippen molar-refractivity contribution in [2.45, 2.75) is 59.1 Å². The average molecular weight is 293 g/mol. The maximum atomic E-state index is 12.0. The summed E-state index contributed by atoms with van der Waals surface area (Å²) in [5, 5.41) is 16.1. The third kappa shape index (κ3) is 7.75. The van der Waals surface area contributed by atoms with Gasteiger partial charge in [-0.3, -0.25) is 4.79 Å². The highest BCUT2D eigenvalue weighted by atomic mass is 35.5. The van der Waals surface area contributed by atoms with Gasteiger partial charge in [-0.15, -0.1) is 12.4 Å². The predicted octanol–water partition coefficient (Wildman–Crippen LogP) is 1.71. The zero-order valence-corrected chi connectivity index (χ0v) is 13.3. The van der Waals surface area contributed by atoms with Gasteiger partial charge in [0.25, 0.3) is 0 Å². The fourth-order valence-corrected chi connectivity index (χ4v) is 2.51. The van der Waals surface area contributed by atoms with Crippen LogP contribution in [0.5, 0.6) is 0 Å². The Kier molecular flexibility index (Phi) is 7.94. The largest absolute Gasteiger partial charge is 0.391 e. The summed E-state index contributed by atoms with van der Waals surface area (Å²) < 4.78 is 0. The van der Waals surface area contributed by atoms with Gasteiger partial charge in [-0.25, -0.2) is 0 Å². The van der Waals surface area contributed by atoms with Crippen LogP contribution in [-0.2, 0) is 4.79 Å². The molecule has 0 aromatic rings. The summed E-state index contributed by atoms with van der Waals surface area (Å²) in [4.78, 5) is 12.0. The number of rotatable bonds is 4. The fourth-order valence-electron chi connectivity index (χ4n) is 2.51. The summed E-state index contributed by atoms with van der Waals surface area (Å²) in [5.41, 5.74) is 0.0907. The molecule has 0 bridgehead atoms. The number of carbonyl (C=O) groups excluding carboxylic acids is 1. The topological polar surface area (TPSA) is 61.4 Å². The molecule has 3 atom stereocenters. The van der Waals surface area contributed by atoms with Crippen LogP contribution in [0.1, 0.15) is 47.0 Å². The molecule has 5 heteroatoms. The average Bonchev–Trinajstić information content (AvgIpc) is 2.23. The first-order valence-corrected chi connectivity index (χ1v) is 6.97. The SMILES string of the molecule is C[C@H]1C[C@@H](C(=O)NCC(O)CC(C)(C)C)CCN1.Cl. The molecule has 19 heavy (non-hydrogen) atoms. The lowest BCUT2D eigenvalue weighted by Gasteiger charge is -2.28. The Bertz CT molecular complexity index is 279. The standard InChI is InChI=1S/C14H28N2O2.ClH/c1-10-7-11(5-6-15-10)13(18)16-9-12(17)8-14(2,3)4;/h10-12,15,17H,5-9H2,1-4H3,(H,16,18);1H/t10-,11-,12?;/m0./s1. The molecule has 0 aliphatic carbocycles. The molecule has 1 amide bonds. The first kappa shape index (κ1) is 18.7. The second kappa shape index (κ2) is 8.08. The molecule has 114 valence electrons. The van der Waals surface area contributed by atoms with Crippen molar-refractivity contribution in [1.29, 1.82) is 0 Å². The van der Waals surface area contributed by atoms with Gasteiger partial charge >= 0.3 is 0 Å². The maximum absolute atomic E-state index is 12.0. The van der Waals surface area contributed by atoms with Crippen LogP contribution in [0.2, 0.25) is 0 Å². The van der Waals surface area contributed by atoms with Crippen LogP contribution < -0.4 is 10.6 Å². The molecule has 0 aromatic heterocycles. The second-order valence-corrected chi connectivity index (χ2v) is 6.74. The van der Waals surface area contributed by atoms with Gasteiger partial charge in [-0.1, -0.05) is 20.8 Å². The van der Waals surface area contributed by atoms with E-state index >= 15 is 0 Å². The van der Waals surface area contributed by atoms with Crippen molar-refractivity contribution in [2.75, 3.05) is 13.1 Å². The number of aliphatic hydroxyl groups excluding tert-OH is 1. The van der Waals surface area contributed by atoms with Gasteiger partial charge in [0.1, 0.15) is 0 Å². The molecule has 0 radical (unpaired) electrons. The molecular formula is C14H29ClN2O2. The van der Waals surface area contributed by atoms with Crippen molar-refractivity contribution in [2.24, 2.45) is 11.3 Å². The number of carbonyl (C=O) groups is 1. The molecular weight excluding hydrogens is 264 g/mol. The maximum Gasteiger partial charge on any atom is 0.223 e. The van der Waals surface area contributed by atoms with Crippen molar-refractivity contribution >= 4 is 18.3 Å². The molecule has 1 aliphatic heterocycles. The number of hydrogen-bond donors (Lipinski definition) is 3. The van der Waals surface area contributed by atoms with Gasteiger partial charge in [0.2, 0.25) is 5.91 Å². The zero-order chi connectivity index (χ0) is 13.8. The van der Waals surface area contributed by atoms with Crippen LogP contribution in [0.25, 0.3) is 0 Å². The lowest BCUT2D eigenvalue weighted by molar-refractivity contribution is -0.126. The molecule has 1 saturated heterocycles. The van der Waals surface area contributed by atoms with E-state index in [1.54, 1.807) is 0 Å². The number of aliphatic hydroxyl groups is 1. The molecule has 0 aromatic carbocycles. The zero-order valence-electron chi connectivity index (χ0n) is 12.5. The molecule has 1 aliphatic rings. The molecule has 1 heterocycles. The smallest absolute Gasteiger partial charge is 0.223 e. The van der Waals surface area contributed by atoms with Crippen LogP contribution in [0.4, 0.5) is 0 Å². The number of hydrogen-bond acceptors (Lipinski definition) is 3. The molecule has 1 unspecified atom stereocenters. The Hall–Kier alpha value is -0.320. The van der Waals surface area contributed by atoms with E-state index in [2.05, 4.69) is 38.3 Å².